The van der Waals surface area contributed by atoms with Crippen molar-refractivity contribution in [2.75, 3.05) is 6.79 Å². The number of aromatic nitrogens is 4. The zero-order valence-corrected chi connectivity index (χ0v) is 12.2. The van der Waals surface area contributed by atoms with Gasteiger partial charge in [0, 0.05) is 11.8 Å². The number of ether oxygens (including phenoxy) is 2. The van der Waals surface area contributed by atoms with Gasteiger partial charge in [-0.25, -0.2) is 4.79 Å². The largest absolute Gasteiger partial charge is 0.454 e. The van der Waals surface area contributed by atoms with Crippen LogP contribution in [0.5, 0.6) is 11.5 Å². The quantitative estimate of drug-likeness (QED) is 0.631. The Kier molecular flexibility index (Phi) is 3.26. The van der Waals surface area contributed by atoms with Gasteiger partial charge in [0.1, 0.15) is 5.69 Å². The van der Waals surface area contributed by atoms with Gasteiger partial charge < -0.3 is 29.3 Å². The zero-order valence-electron chi connectivity index (χ0n) is 12.2. The molecule has 0 aliphatic carbocycles. The summed E-state index contributed by atoms with van der Waals surface area (Å²) in [6, 6.07) is 5.27. The van der Waals surface area contributed by atoms with Crippen LogP contribution in [0.15, 0.2) is 33.7 Å². The number of aromatic amines is 2. The summed E-state index contributed by atoms with van der Waals surface area (Å²) in [7, 11) is 0. The molecule has 24 heavy (non-hydrogen) atoms. The molecule has 0 fully saturated rings. The van der Waals surface area contributed by atoms with Crippen molar-refractivity contribution in [1.82, 2.24) is 25.4 Å². The number of nitrogens with one attached hydrogen (secondary N) is 3. The normalized spacial score (nSPS) is 12.3. The number of H-pyrrole nitrogens is 2. The standard InChI is InChI=1S/C14H11N5O5/c20-12(8-4-16-14(21)17-8)15-5-11-18-13(24-19-11)7-1-2-9-10(3-7)23-6-22-9/h1-4H,5-6H2,(H,15,20)(H2,16,17,21). The number of hydrogen-bond acceptors (Lipinski definition) is 7. The van der Waals surface area contributed by atoms with E-state index in [1.54, 1.807) is 18.2 Å². The molecule has 0 spiro atoms. The first-order valence-electron chi connectivity index (χ1n) is 6.97. The number of rotatable bonds is 4. The molecule has 122 valence electrons. The molecular weight excluding hydrogens is 318 g/mol. The maximum Gasteiger partial charge on any atom is 0.323 e. The minimum atomic E-state index is -0.456. The molecule has 0 atom stereocenters. The van der Waals surface area contributed by atoms with E-state index in [4.69, 9.17) is 14.0 Å². The Balaban J connectivity index is 1.45. The highest BCUT2D eigenvalue weighted by Crippen LogP contribution is 2.35. The van der Waals surface area contributed by atoms with Gasteiger partial charge in [0.15, 0.2) is 17.3 Å². The summed E-state index contributed by atoms with van der Waals surface area (Å²) < 4.78 is 15.7. The number of carbonyl (C=O) groups is 1. The summed E-state index contributed by atoms with van der Waals surface area (Å²) in [6.45, 7) is 0.237. The van der Waals surface area contributed by atoms with Crippen molar-refractivity contribution in [2.45, 2.75) is 6.54 Å². The summed E-state index contributed by atoms with van der Waals surface area (Å²) in [6.07, 6.45) is 1.28. The molecule has 1 amide bonds. The second-order valence-corrected chi connectivity index (χ2v) is 4.92. The second-order valence-electron chi connectivity index (χ2n) is 4.92. The summed E-state index contributed by atoms with van der Waals surface area (Å²) >= 11 is 0. The minimum Gasteiger partial charge on any atom is -0.454 e. The van der Waals surface area contributed by atoms with Gasteiger partial charge in [0.25, 0.3) is 11.8 Å². The van der Waals surface area contributed by atoms with E-state index < -0.39 is 11.6 Å². The van der Waals surface area contributed by atoms with Crippen LogP contribution in [0.1, 0.15) is 16.3 Å². The van der Waals surface area contributed by atoms with Crippen LogP contribution >= 0.6 is 0 Å². The van der Waals surface area contributed by atoms with Crippen molar-refractivity contribution in [3.05, 3.63) is 46.4 Å². The van der Waals surface area contributed by atoms with Crippen molar-refractivity contribution in [3.8, 4) is 23.0 Å². The van der Waals surface area contributed by atoms with Crippen LogP contribution < -0.4 is 20.5 Å². The molecule has 0 saturated heterocycles. The van der Waals surface area contributed by atoms with Crippen molar-refractivity contribution in [1.29, 1.82) is 0 Å². The van der Waals surface area contributed by atoms with Gasteiger partial charge in [-0.2, -0.15) is 4.98 Å². The third kappa shape index (κ3) is 2.60. The number of amides is 1. The molecule has 0 radical (unpaired) electrons. The van der Waals surface area contributed by atoms with E-state index in [0.717, 1.165) is 0 Å². The number of nitrogens with zero attached hydrogens (tertiary/aromatic N) is 2. The Morgan fingerprint density at radius 1 is 1.29 bits per heavy atom. The van der Waals surface area contributed by atoms with Crippen LogP contribution in [0.4, 0.5) is 0 Å². The number of carbonyl (C=O) groups excluding carboxylic acids is 1. The van der Waals surface area contributed by atoms with Gasteiger partial charge >= 0.3 is 5.69 Å². The molecule has 3 aromatic rings. The highest BCUT2D eigenvalue weighted by Gasteiger charge is 2.17. The van der Waals surface area contributed by atoms with Gasteiger partial charge in [0.05, 0.1) is 6.54 Å². The molecule has 10 nitrogen and oxygen atoms in total. The summed E-state index contributed by atoms with van der Waals surface area (Å²) in [5.41, 5.74) is 0.351. The van der Waals surface area contributed by atoms with Crippen LogP contribution in [0.2, 0.25) is 0 Å². The molecule has 3 heterocycles. The summed E-state index contributed by atoms with van der Waals surface area (Å²) in [5.74, 6) is 1.41. The number of imidazole rings is 1. The number of hydrogen-bond donors (Lipinski definition) is 3. The van der Waals surface area contributed by atoms with Crippen LogP contribution in [0.25, 0.3) is 11.5 Å². The van der Waals surface area contributed by atoms with Crippen LogP contribution in [0, 0.1) is 0 Å². The van der Waals surface area contributed by atoms with Crippen LogP contribution in [-0.2, 0) is 6.54 Å². The summed E-state index contributed by atoms with van der Waals surface area (Å²) in [4.78, 5) is 31.7. The Hall–Kier alpha value is -3.56. The third-order valence-corrected chi connectivity index (χ3v) is 3.34. The smallest absolute Gasteiger partial charge is 0.323 e. The maximum absolute atomic E-state index is 11.8. The number of benzene rings is 1. The van der Waals surface area contributed by atoms with Gasteiger partial charge in [0.2, 0.25) is 6.79 Å². The fourth-order valence-corrected chi connectivity index (χ4v) is 2.18. The molecule has 1 aromatic carbocycles. The molecule has 3 N–H and O–H groups in total. The van der Waals surface area contributed by atoms with Gasteiger partial charge in [-0.1, -0.05) is 5.16 Å². The molecule has 0 saturated carbocycles. The molecular formula is C14H11N5O5. The molecule has 1 aliphatic heterocycles. The second kappa shape index (κ2) is 5.57. The van der Waals surface area contributed by atoms with E-state index in [1.807, 2.05) is 0 Å². The molecule has 1 aliphatic rings. The van der Waals surface area contributed by atoms with Crippen LogP contribution in [-0.4, -0.2) is 32.8 Å². The lowest BCUT2D eigenvalue weighted by Gasteiger charge is -1.98. The first kappa shape index (κ1) is 14.1. The van der Waals surface area contributed by atoms with E-state index in [-0.39, 0.29) is 19.0 Å². The topological polar surface area (TPSA) is 135 Å². The van der Waals surface area contributed by atoms with Gasteiger partial charge in [-0.3, -0.25) is 4.79 Å². The van der Waals surface area contributed by atoms with Crippen molar-refractivity contribution < 1.29 is 18.8 Å². The Morgan fingerprint density at radius 2 is 2.17 bits per heavy atom. The third-order valence-electron chi connectivity index (χ3n) is 3.34. The van der Waals surface area contributed by atoms with E-state index in [2.05, 4.69) is 25.4 Å². The van der Waals surface area contributed by atoms with Crippen LogP contribution in [0.3, 0.4) is 0 Å². The minimum absolute atomic E-state index is 0.0557. The van der Waals surface area contributed by atoms with E-state index in [1.165, 1.54) is 6.20 Å². The molecule has 10 heteroatoms. The first-order chi connectivity index (χ1) is 11.7. The van der Waals surface area contributed by atoms with E-state index >= 15 is 0 Å². The highest BCUT2D eigenvalue weighted by atomic mass is 16.7. The van der Waals surface area contributed by atoms with Crippen molar-refractivity contribution >= 4 is 5.91 Å². The monoisotopic (exact) mass is 329 g/mol. The lowest BCUT2D eigenvalue weighted by molar-refractivity contribution is 0.0945. The Morgan fingerprint density at radius 3 is 3.00 bits per heavy atom. The lowest BCUT2D eigenvalue weighted by atomic mass is 10.2. The predicted molar refractivity (Wildman–Crippen MR) is 78.4 cm³/mol. The Bertz CT molecular complexity index is 956. The average Bonchev–Trinajstić information content (AvgIpc) is 3.32. The SMILES string of the molecule is O=C(NCc1noc(-c2ccc3c(c2)OCO3)n1)c1c[nH]c(=O)[nH]1. The Labute approximate surface area is 133 Å². The average molecular weight is 329 g/mol. The van der Waals surface area contributed by atoms with E-state index in [0.29, 0.717) is 28.8 Å². The highest BCUT2D eigenvalue weighted by molar-refractivity contribution is 5.91. The predicted octanol–water partition coefficient (Wildman–Crippen LogP) is 0.412. The fourth-order valence-electron chi connectivity index (χ4n) is 2.18. The molecule has 2 aromatic heterocycles. The first-order valence-corrected chi connectivity index (χ1v) is 6.97. The lowest BCUT2D eigenvalue weighted by Crippen LogP contribution is -2.24. The summed E-state index contributed by atoms with van der Waals surface area (Å²) in [5, 5.41) is 6.38. The van der Waals surface area contributed by atoms with Crippen molar-refractivity contribution in [3.63, 3.8) is 0 Å². The molecule has 0 unspecified atom stereocenters. The fraction of sp³-hybridized carbons (Fsp3) is 0.143. The van der Waals surface area contributed by atoms with Gasteiger partial charge in [-0.15, -0.1) is 0 Å². The van der Waals surface area contributed by atoms with E-state index in [9.17, 15) is 9.59 Å². The maximum atomic E-state index is 11.8. The van der Waals surface area contributed by atoms with Gasteiger partial charge in [-0.05, 0) is 18.2 Å². The van der Waals surface area contributed by atoms with Crippen molar-refractivity contribution in [2.24, 2.45) is 0 Å². The number of fused-ring (bicyclic) bond motifs is 1. The zero-order chi connectivity index (χ0) is 16.5. The molecule has 4 rings (SSSR count). The molecule has 0 bridgehead atoms.